The van der Waals surface area contributed by atoms with Crippen molar-refractivity contribution in [1.29, 1.82) is 0 Å². The molecule has 0 spiro atoms. The number of nitrogens with zero attached hydrogens (tertiary/aromatic N) is 1. The van der Waals surface area contributed by atoms with Crippen LogP contribution in [0.2, 0.25) is 0 Å². The first-order chi connectivity index (χ1) is 11.7. The third-order valence-electron chi connectivity index (χ3n) is 4.98. The van der Waals surface area contributed by atoms with Crippen LogP contribution in [0.5, 0.6) is 0 Å². The summed E-state index contributed by atoms with van der Waals surface area (Å²) in [7, 11) is 0. The van der Waals surface area contributed by atoms with Crippen molar-refractivity contribution in [2.24, 2.45) is 0 Å². The van der Waals surface area contributed by atoms with E-state index in [1.54, 1.807) is 0 Å². The van der Waals surface area contributed by atoms with E-state index in [4.69, 9.17) is 0 Å². The number of aryl methyl sites for hydroxylation is 1. The van der Waals surface area contributed by atoms with Gasteiger partial charge in [0.25, 0.3) is 0 Å². The zero-order valence-corrected chi connectivity index (χ0v) is 14.5. The smallest absolute Gasteiger partial charge is 0.0917 e. The summed E-state index contributed by atoms with van der Waals surface area (Å²) in [5.74, 6) is 0. The zero-order valence-electron chi connectivity index (χ0n) is 14.5. The van der Waals surface area contributed by atoms with Crippen LogP contribution in [0.1, 0.15) is 29.2 Å². The molecule has 128 valence electrons. The number of rotatable bonds is 7. The van der Waals surface area contributed by atoms with E-state index >= 15 is 0 Å². The number of aliphatic hydroxyl groups excluding tert-OH is 1. The molecule has 2 unspecified atom stereocenters. The van der Waals surface area contributed by atoms with Gasteiger partial charge in [0.2, 0.25) is 0 Å². The van der Waals surface area contributed by atoms with E-state index in [-0.39, 0.29) is 0 Å². The van der Waals surface area contributed by atoms with Crippen molar-refractivity contribution in [3.63, 3.8) is 0 Å². The molecule has 2 aromatic rings. The Bertz CT molecular complexity index is 629. The van der Waals surface area contributed by atoms with Gasteiger partial charge in [0.1, 0.15) is 0 Å². The third-order valence-corrected chi connectivity index (χ3v) is 4.98. The van der Waals surface area contributed by atoms with Gasteiger partial charge in [0.15, 0.2) is 0 Å². The van der Waals surface area contributed by atoms with Gasteiger partial charge in [-0.2, -0.15) is 0 Å². The average Bonchev–Trinajstić information content (AvgIpc) is 3.07. The largest absolute Gasteiger partial charge is 0.387 e. The molecule has 0 radical (unpaired) electrons. The predicted molar refractivity (Wildman–Crippen MR) is 99.1 cm³/mol. The minimum absolute atomic E-state index is 0.426. The van der Waals surface area contributed by atoms with Gasteiger partial charge in [-0.1, -0.05) is 54.6 Å². The van der Waals surface area contributed by atoms with Crippen LogP contribution in [0, 0.1) is 6.92 Å². The fourth-order valence-electron chi connectivity index (χ4n) is 3.48. The third kappa shape index (κ3) is 4.67. The molecule has 0 amide bonds. The molecule has 2 atom stereocenters. The summed E-state index contributed by atoms with van der Waals surface area (Å²) in [4.78, 5) is 2.52. The van der Waals surface area contributed by atoms with Crippen LogP contribution < -0.4 is 5.32 Å². The second kappa shape index (κ2) is 8.43. The van der Waals surface area contributed by atoms with Crippen molar-refractivity contribution in [3.05, 3.63) is 71.3 Å². The first kappa shape index (κ1) is 17.2. The van der Waals surface area contributed by atoms with Gasteiger partial charge in [0.05, 0.1) is 6.10 Å². The van der Waals surface area contributed by atoms with E-state index in [1.165, 1.54) is 5.56 Å². The van der Waals surface area contributed by atoms with Gasteiger partial charge >= 0.3 is 0 Å². The molecule has 3 nitrogen and oxygen atoms in total. The SMILES string of the molecule is Cc1ccccc1C(O)CNC1CCN(CCc2ccccc2)C1. The Morgan fingerprint density at radius 1 is 1.12 bits per heavy atom. The summed E-state index contributed by atoms with van der Waals surface area (Å²) < 4.78 is 0. The Morgan fingerprint density at radius 2 is 1.88 bits per heavy atom. The van der Waals surface area contributed by atoms with Gasteiger partial charge in [-0.15, -0.1) is 0 Å². The molecule has 3 heteroatoms. The lowest BCUT2D eigenvalue weighted by Crippen LogP contribution is -2.35. The highest BCUT2D eigenvalue weighted by atomic mass is 16.3. The molecule has 0 aliphatic carbocycles. The molecular weight excluding hydrogens is 296 g/mol. The van der Waals surface area contributed by atoms with Gasteiger partial charge in [0, 0.05) is 25.7 Å². The van der Waals surface area contributed by atoms with Crippen molar-refractivity contribution < 1.29 is 5.11 Å². The summed E-state index contributed by atoms with van der Waals surface area (Å²) >= 11 is 0. The lowest BCUT2D eigenvalue weighted by atomic mass is 10.0. The lowest BCUT2D eigenvalue weighted by molar-refractivity contribution is 0.169. The maximum Gasteiger partial charge on any atom is 0.0917 e. The number of hydrogen-bond acceptors (Lipinski definition) is 3. The Hall–Kier alpha value is -1.68. The Labute approximate surface area is 145 Å². The van der Waals surface area contributed by atoms with E-state index in [0.717, 1.165) is 43.6 Å². The quantitative estimate of drug-likeness (QED) is 0.822. The fourth-order valence-corrected chi connectivity index (χ4v) is 3.48. The molecule has 0 bridgehead atoms. The minimum atomic E-state index is -0.426. The first-order valence-electron chi connectivity index (χ1n) is 8.95. The Balaban J connectivity index is 1.41. The monoisotopic (exact) mass is 324 g/mol. The van der Waals surface area contributed by atoms with Crippen molar-refractivity contribution >= 4 is 0 Å². The van der Waals surface area contributed by atoms with Crippen LogP contribution in [-0.4, -0.2) is 42.2 Å². The molecule has 1 fully saturated rings. The number of likely N-dealkylation sites (tertiary alicyclic amines) is 1. The highest BCUT2D eigenvalue weighted by Gasteiger charge is 2.22. The molecule has 0 aromatic heterocycles. The predicted octanol–water partition coefficient (Wildman–Crippen LogP) is 2.94. The fraction of sp³-hybridized carbons (Fsp3) is 0.429. The van der Waals surface area contributed by atoms with Crippen LogP contribution >= 0.6 is 0 Å². The van der Waals surface area contributed by atoms with Crippen LogP contribution in [0.3, 0.4) is 0 Å². The zero-order chi connectivity index (χ0) is 16.8. The highest BCUT2D eigenvalue weighted by molar-refractivity contribution is 5.27. The van der Waals surface area contributed by atoms with Crippen molar-refractivity contribution in [1.82, 2.24) is 10.2 Å². The van der Waals surface area contributed by atoms with Crippen LogP contribution in [0.25, 0.3) is 0 Å². The molecule has 0 saturated carbocycles. The summed E-state index contributed by atoms with van der Waals surface area (Å²) in [6, 6.07) is 19.2. The van der Waals surface area contributed by atoms with Gasteiger partial charge in [-0.05, 0) is 43.0 Å². The number of benzene rings is 2. The van der Waals surface area contributed by atoms with E-state index in [0.29, 0.717) is 12.6 Å². The van der Waals surface area contributed by atoms with Gasteiger partial charge < -0.3 is 15.3 Å². The van der Waals surface area contributed by atoms with Crippen LogP contribution in [-0.2, 0) is 6.42 Å². The molecule has 1 aliphatic heterocycles. The normalized spacial score (nSPS) is 19.5. The molecule has 2 N–H and O–H groups in total. The molecule has 1 heterocycles. The van der Waals surface area contributed by atoms with Crippen molar-refractivity contribution in [2.45, 2.75) is 31.9 Å². The summed E-state index contributed by atoms with van der Waals surface area (Å²) in [5.41, 5.74) is 3.59. The minimum Gasteiger partial charge on any atom is -0.387 e. The molecule has 1 saturated heterocycles. The van der Waals surface area contributed by atoms with Gasteiger partial charge in [-0.3, -0.25) is 0 Å². The summed E-state index contributed by atoms with van der Waals surface area (Å²) in [6.07, 6.45) is 1.85. The van der Waals surface area contributed by atoms with Gasteiger partial charge in [-0.25, -0.2) is 0 Å². The van der Waals surface area contributed by atoms with E-state index in [1.807, 2.05) is 18.2 Å². The standard InChI is InChI=1S/C21H28N2O/c1-17-7-5-6-10-20(17)21(24)15-22-19-12-14-23(16-19)13-11-18-8-3-2-4-9-18/h2-10,19,21-22,24H,11-16H2,1H3. The van der Waals surface area contributed by atoms with E-state index in [9.17, 15) is 5.11 Å². The van der Waals surface area contributed by atoms with E-state index in [2.05, 4.69) is 53.5 Å². The summed E-state index contributed by atoms with van der Waals surface area (Å²) in [5, 5.41) is 13.9. The average molecular weight is 324 g/mol. The second-order valence-corrected chi connectivity index (χ2v) is 6.80. The molecule has 24 heavy (non-hydrogen) atoms. The van der Waals surface area contributed by atoms with Crippen LogP contribution in [0.15, 0.2) is 54.6 Å². The molecule has 2 aromatic carbocycles. The highest BCUT2D eigenvalue weighted by Crippen LogP contribution is 2.17. The molecule has 3 rings (SSSR count). The van der Waals surface area contributed by atoms with Crippen LogP contribution in [0.4, 0.5) is 0 Å². The number of aliphatic hydroxyl groups is 1. The maximum absolute atomic E-state index is 10.4. The first-order valence-corrected chi connectivity index (χ1v) is 8.95. The second-order valence-electron chi connectivity index (χ2n) is 6.80. The molecular formula is C21H28N2O. The van der Waals surface area contributed by atoms with Crippen molar-refractivity contribution in [3.8, 4) is 0 Å². The topological polar surface area (TPSA) is 35.5 Å². The summed E-state index contributed by atoms with van der Waals surface area (Å²) in [6.45, 7) is 6.02. The Morgan fingerprint density at radius 3 is 2.67 bits per heavy atom. The maximum atomic E-state index is 10.4. The molecule has 1 aliphatic rings. The van der Waals surface area contributed by atoms with Crippen molar-refractivity contribution in [2.75, 3.05) is 26.2 Å². The Kier molecular flexibility index (Phi) is 6.02. The number of hydrogen-bond donors (Lipinski definition) is 2. The number of nitrogens with one attached hydrogen (secondary N) is 1. The lowest BCUT2D eigenvalue weighted by Gasteiger charge is -2.19. The van der Waals surface area contributed by atoms with E-state index < -0.39 is 6.10 Å².